The molecule has 0 aliphatic carbocycles. The highest BCUT2D eigenvalue weighted by Gasteiger charge is 2.25. The molecule has 1 aliphatic heterocycles. The highest BCUT2D eigenvalue weighted by atomic mass is 35.5. The minimum absolute atomic E-state index is 0.229. The standard InChI is InChI=1S/C9H9ClS2/c1-6(10)9-11-7-4-2-3-5-8(7)12-9/h2-6,9H,1H3. The molecule has 1 heterocycles. The highest BCUT2D eigenvalue weighted by molar-refractivity contribution is 8.19. The fraction of sp³-hybridized carbons (Fsp3) is 0.333. The van der Waals surface area contributed by atoms with Gasteiger partial charge < -0.3 is 0 Å². The first-order valence-electron chi connectivity index (χ1n) is 3.84. The molecular weight excluding hydrogens is 208 g/mol. The van der Waals surface area contributed by atoms with Gasteiger partial charge in [-0.05, 0) is 19.1 Å². The maximum Gasteiger partial charge on any atom is 0.0758 e. The van der Waals surface area contributed by atoms with Gasteiger partial charge in [0.2, 0.25) is 0 Å². The van der Waals surface area contributed by atoms with E-state index in [2.05, 4.69) is 31.2 Å². The molecule has 1 aliphatic rings. The summed E-state index contributed by atoms with van der Waals surface area (Å²) in [5.74, 6) is 0. The van der Waals surface area contributed by atoms with Crippen molar-refractivity contribution in [1.29, 1.82) is 0 Å². The molecule has 0 nitrogen and oxygen atoms in total. The van der Waals surface area contributed by atoms with Crippen LogP contribution in [0.25, 0.3) is 0 Å². The lowest BCUT2D eigenvalue weighted by atomic mass is 10.4. The van der Waals surface area contributed by atoms with Gasteiger partial charge in [0.15, 0.2) is 0 Å². The fourth-order valence-electron chi connectivity index (χ4n) is 1.11. The van der Waals surface area contributed by atoms with Crippen LogP contribution in [0.1, 0.15) is 6.92 Å². The van der Waals surface area contributed by atoms with Crippen LogP contribution < -0.4 is 0 Å². The molecule has 0 amide bonds. The first kappa shape index (κ1) is 8.79. The van der Waals surface area contributed by atoms with Crippen molar-refractivity contribution in [3.8, 4) is 0 Å². The normalized spacial score (nSPS) is 19.2. The zero-order valence-corrected chi connectivity index (χ0v) is 9.05. The topological polar surface area (TPSA) is 0 Å². The minimum Gasteiger partial charge on any atom is -0.121 e. The average molecular weight is 217 g/mol. The van der Waals surface area contributed by atoms with Crippen LogP contribution in [0.4, 0.5) is 0 Å². The van der Waals surface area contributed by atoms with E-state index in [4.69, 9.17) is 11.6 Å². The fourth-order valence-corrected chi connectivity index (χ4v) is 4.08. The Kier molecular flexibility index (Phi) is 2.58. The van der Waals surface area contributed by atoms with Crippen LogP contribution in [-0.2, 0) is 0 Å². The molecule has 0 fully saturated rings. The van der Waals surface area contributed by atoms with Gasteiger partial charge in [0.1, 0.15) is 0 Å². The number of hydrogen-bond donors (Lipinski definition) is 0. The molecule has 3 heteroatoms. The lowest BCUT2D eigenvalue weighted by Crippen LogP contribution is -2.05. The molecule has 1 aromatic rings. The van der Waals surface area contributed by atoms with Crippen LogP contribution in [0.15, 0.2) is 34.1 Å². The number of benzene rings is 1. The molecule has 0 radical (unpaired) electrons. The average Bonchev–Trinajstić information content (AvgIpc) is 2.46. The van der Waals surface area contributed by atoms with E-state index in [1.165, 1.54) is 9.79 Å². The lowest BCUT2D eigenvalue weighted by Gasteiger charge is -2.08. The summed E-state index contributed by atoms with van der Waals surface area (Å²) in [5, 5.41) is 0.229. The Balaban J connectivity index is 2.22. The van der Waals surface area contributed by atoms with E-state index < -0.39 is 0 Å². The number of rotatable bonds is 1. The van der Waals surface area contributed by atoms with E-state index >= 15 is 0 Å². The summed E-state index contributed by atoms with van der Waals surface area (Å²) < 4.78 is 0.490. The second kappa shape index (κ2) is 3.52. The summed E-state index contributed by atoms with van der Waals surface area (Å²) in [6.45, 7) is 2.05. The third-order valence-electron chi connectivity index (χ3n) is 1.71. The molecule has 0 bridgehead atoms. The van der Waals surface area contributed by atoms with Gasteiger partial charge in [-0.25, -0.2) is 0 Å². The molecule has 0 saturated heterocycles. The van der Waals surface area contributed by atoms with Crippen LogP contribution in [-0.4, -0.2) is 9.96 Å². The van der Waals surface area contributed by atoms with Crippen LogP contribution in [0.2, 0.25) is 0 Å². The Labute approximate surface area is 86.1 Å². The molecule has 0 saturated carbocycles. The third-order valence-corrected chi connectivity index (χ3v) is 5.47. The quantitative estimate of drug-likeness (QED) is 0.655. The van der Waals surface area contributed by atoms with E-state index in [1.807, 2.05) is 23.5 Å². The first-order valence-corrected chi connectivity index (χ1v) is 6.03. The van der Waals surface area contributed by atoms with Crippen molar-refractivity contribution in [2.75, 3.05) is 0 Å². The summed E-state index contributed by atoms with van der Waals surface area (Å²) in [4.78, 5) is 2.75. The molecule has 2 rings (SSSR count). The molecule has 1 atom stereocenters. The summed E-state index contributed by atoms with van der Waals surface area (Å²) >= 11 is 9.78. The maximum atomic E-state index is 6.03. The molecule has 64 valence electrons. The predicted molar refractivity (Wildman–Crippen MR) is 57.3 cm³/mol. The molecule has 0 aromatic heterocycles. The lowest BCUT2D eigenvalue weighted by molar-refractivity contribution is 1.07. The predicted octanol–water partition coefficient (Wildman–Crippen LogP) is 3.84. The van der Waals surface area contributed by atoms with Crippen molar-refractivity contribution in [3.63, 3.8) is 0 Å². The van der Waals surface area contributed by atoms with Crippen LogP contribution in [0.5, 0.6) is 0 Å². The van der Waals surface area contributed by atoms with Gasteiger partial charge in [-0.3, -0.25) is 0 Å². The van der Waals surface area contributed by atoms with Gasteiger partial charge in [-0.15, -0.1) is 35.1 Å². The van der Waals surface area contributed by atoms with E-state index in [-0.39, 0.29) is 5.38 Å². The van der Waals surface area contributed by atoms with Crippen LogP contribution in [0, 0.1) is 0 Å². The summed E-state index contributed by atoms with van der Waals surface area (Å²) in [6, 6.07) is 8.47. The monoisotopic (exact) mass is 216 g/mol. The summed E-state index contributed by atoms with van der Waals surface area (Å²) in [6.07, 6.45) is 0. The van der Waals surface area contributed by atoms with Crippen molar-refractivity contribution in [2.24, 2.45) is 0 Å². The number of halogens is 1. The van der Waals surface area contributed by atoms with Crippen molar-refractivity contribution in [1.82, 2.24) is 0 Å². The minimum atomic E-state index is 0.229. The van der Waals surface area contributed by atoms with Gasteiger partial charge in [0.05, 0.1) is 9.96 Å². The van der Waals surface area contributed by atoms with E-state index in [0.717, 1.165) is 0 Å². The highest BCUT2D eigenvalue weighted by Crippen LogP contribution is 2.49. The van der Waals surface area contributed by atoms with Crippen molar-refractivity contribution < 1.29 is 0 Å². The molecule has 0 N–H and O–H groups in total. The largest absolute Gasteiger partial charge is 0.121 e. The Morgan fingerprint density at radius 3 is 2.17 bits per heavy atom. The van der Waals surface area contributed by atoms with Gasteiger partial charge in [0, 0.05) is 9.79 Å². The smallest absolute Gasteiger partial charge is 0.0758 e. The summed E-state index contributed by atoms with van der Waals surface area (Å²) in [5.41, 5.74) is 0. The molecular formula is C9H9ClS2. The first-order chi connectivity index (χ1) is 5.77. The van der Waals surface area contributed by atoms with Gasteiger partial charge >= 0.3 is 0 Å². The van der Waals surface area contributed by atoms with Crippen molar-refractivity contribution in [2.45, 2.75) is 26.7 Å². The SMILES string of the molecule is CC(Cl)C1Sc2ccccc2S1. The summed E-state index contributed by atoms with van der Waals surface area (Å²) in [7, 11) is 0. The Hall–Kier alpha value is 0.210. The van der Waals surface area contributed by atoms with Gasteiger partial charge in [-0.2, -0.15) is 0 Å². The van der Waals surface area contributed by atoms with Gasteiger partial charge in [-0.1, -0.05) is 12.1 Å². The van der Waals surface area contributed by atoms with E-state index in [9.17, 15) is 0 Å². The van der Waals surface area contributed by atoms with Crippen molar-refractivity contribution >= 4 is 35.1 Å². The third kappa shape index (κ3) is 1.61. The molecule has 1 unspecified atom stereocenters. The maximum absolute atomic E-state index is 6.03. The van der Waals surface area contributed by atoms with Crippen molar-refractivity contribution in [3.05, 3.63) is 24.3 Å². The van der Waals surface area contributed by atoms with E-state index in [0.29, 0.717) is 4.58 Å². The second-order valence-electron chi connectivity index (χ2n) is 2.73. The molecule has 1 aromatic carbocycles. The number of hydrogen-bond acceptors (Lipinski definition) is 2. The Morgan fingerprint density at radius 2 is 1.75 bits per heavy atom. The van der Waals surface area contributed by atoms with Crippen LogP contribution in [0.3, 0.4) is 0 Å². The number of fused-ring (bicyclic) bond motifs is 1. The zero-order chi connectivity index (χ0) is 8.55. The number of alkyl halides is 1. The number of thioether (sulfide) groups is 2. The Morgan fingerprint density at radius 1 is 1.25 bits per heavy atom. The van der Waals surface area contributed by atoms with E-state index in [1.54, 1.807) is 0 Å². The van der Waals surface area contributed by atoms with Crippen LogP contribution >= 0.6 is 35.1 Å². The molecule has 0 spiro atoms. The second-order valence-corrected chi connectivity index (χ2v) is 6.08. The van der Waals surface area contributed by atoms with Gasteiger partial charge in [0.25, 0.3) is 0 Å². The molecule has 12 heavy (non-hydrogen) atoms. The zero-order valence-electron chi connectivity index (χ0n) is 6.66. The Bertz CT molecular complexity index is 261.